The molecule has 0 aliphatic heterocycles. The summed E-state index contributed by atoms with van der Waals surface area (Å²) in [7, 11) is -3.42. The zero-order chi connectivity index (χ0) is 21.3. The number of hydrogen-bond donors (Lipinski definition) is 0. The molecule has 154 valence electrons. The summed E-state index contributed by atoms with van der Waals surface area (Å²) in [6.07, 6.45) is 1.55. The maximum Gasteiger partial charge on any atom is 0.260 e. The molecule has 0 unspecified atom stereocenters. The third-order valence-corrected chi connectivity index (χ3v) is 7.58. The Labute approximate surface area is 178 Å². The van der Waals surface area contributed by atoms with Gasteiger partial charge in [0.05, 0.1) is 33.7 Å². The van der Waals surface area contributed by atoms with E-state index in [2.05, 4.69) is 0 Å². The Morgan fingerprint density at radius 1 is 1.13 bits per heavy atom. The summed E-state index contributed by atoms with van der Waals surface area (Å²) < 4.78 is 31.0. The molecule has 6 nitrogen and oxygen atoms in total. The van der Waals surface area contributed by atoms with Gasteiger partial charge in [0.2, 0.25) is 0 Å². The van der Waals surface area contributed by atoms with Gasteiger partial charge in [-0.3, -0.25) is 9.69 Å². The van der Waals surface area contributed by atoms with E-state index in [-0.39, 0.29) is 28.7 Å². The number of amides is 1. The van der Waals surface area contributed by atoms with Gasteiger partial charge in [0.25, 0.3) is 5.91 Å². The van der Waals surface area contributed by atoms with Crippen molar-refractivity contribution in [3.05, 3.63) is 77.7 Å². The van der Waals surface area contributed by atoms with Crippen molar-refractivity contribution in [2.24, 2.45) is 0 Å². The van der Waals surface area contributed by atoms with Gasteiger partial charge in [-0.05, 0) is 48.9 Å². The summed E-state index contributed by atoms with van der Waals surface area (Å²) in [5, 5.41) is 0.532. The van der Waals surface area contributed by atoms with Gasteiger partial charge in [-0.15, -0.1) is 0 Å². The second-order valence-corrected chi connectivity index (χ2v) is 10.1. The van der Waals surface area contributed by atoms with Crippen LogP contribution in [0.4, 0.5) is 5.13 Å². The van der Waals surface area contributed by atoms with Gasteiger partial charge < -0.3 is 4.42 Å². The smallest absolute Gasteiger partial charge is 0.260 e. The minimum Gasteiger partial charge on any atom is -0.467 e. The summed E-state index contributed by atoms with van der Waals surface area (Å²) in [6.45, 7) is 3.75. The Balaban J connectivity index is 1.79. The van der Waals surface area contributed by atoms with Crippen molar-refractivity contribution < 1.29 is 17.6 Å². The predicted octanol–water partition coefficient (Wildman–Crippen LogP) is 4.84. The fourth-order valence-electron chi connectivity index (χ4n) is 3.12. The zero-order valence-electron chi connectivity index (χ0n) is 16.5. The third-order valence-electron chi connectivity index (χ3n) is 4.80. The number of rotatable bonds is 6. The molecule has 0 bridgehead atoms. The molecule has 4 rings (SSSR count). The number of carbonyl (C=O) groups excluding carboxylic acids is 1. The molecule has 0 radical (unpaired) electrons. The van der Waals surface area contributed by atoms with E-state index in [0.717, 1.165) is 15.8 Å². The molecule has 2 heterocycles. The second-order valence-electron chi connectivity index (χ2n) is 6.82. The summed E-state index contributed by atoms with van der Waals surface area (Å²) in [4.78, 5) is 19.8. The molecule has 0 spiro atoms. The number of sulfone groups is 1. The lowest BCUT2D eigenvalue weighted by Gasteiger charge is -2.19. The molecule has 1 amide bonds. The van der Waals surface area contributed by atoms with Gasteiger partial charge in [0.1, 0.15) is 5.76 Å². The van der Waals surface area contributed by atoms with E-state index in [1.165, 1.54) is 28.4 Å². The molecule has 0 saturated heterocycles. The number of thiazole rings is 1. The summed E-state index contributed by atoms with van der Waals surface area (Å²) in [5.74, 6) is 0.241. The van der Waals surface area contributed by atoms with Crippen molar-refractivity contribution in [2.45, 2.75) is 25.3 Å². The minimum atomic E-state index is -3.42. The van der Waals surface area contributed by atoms with Crippen LogP contribution in [-0.2, 0) is 16.4 Å². The summed E-state index contributed by atoms with van der Waals surface area (Å²) in [5.41, 5.74) is 2.15. The molecule has 0 N–H and O–H groups in total. The zero-order valence-corrected chi connectivity index (χ0v) is 18.2. The lowest BCUT2D eigenvalue weighted by molar-refractivity contribution is 0.0983. The first-order chi connectivity index (χ1) is 14.4. The highest BCUT2D eigenvalue weighted by Crippen LogP contribution is 2.32. The molecule has 0 atom stereocenters. The molecule has 0 aliphatic carbocycles. The molecule has 2 aromatic heterocycles. The number of fused-ring (bicyclic) bond motifs is 1. The normalized spacial score (nSPS) is 11.7. The minimum absolute atomic E-state index is 0.0299. The van der Waals surface area contributed by atoms with Crippen LogP contribution >= 0.6 is 11.3 Å². The number of aromatic nitrogens is 1. The van der Waals surface area contributed by atoms with Gasteiger partial charge in [0, 0.05) is 5.56 Å². The maximum absolute atomic E-state index is 13.5. The van der Waals surface area contributed by atoms with Crippen LogP contribution in [-0.4, -0.2) is 25.1 Å². The summed E-state index contributed by atoms with van der Waals surface area (Å²) in [6, 6.07) is 15.6. The van der Waals surface area contributed by atoms with Crippen molar-refractivity contribution in [3.63, 3.8) is 0 Å². The Morgan fingerprint density at radius 2 is 1.93 bits per heavy atom. The molecule has 0 saturated carbocycles. The molecule has 30 heavy (non-hydrogen) atoms. The van der Waals surface area contributed by atoms with Gasteiger partial charge in [-0.25, -0.2) is 13.4 Å². The highest BCUT2D eigenvalue weighted by molar-refractivity contribution is 7.91. The average Bonchev–Trinajstić information content (AvgIpc) is 3.42. The van der Waals surface area contributed by atoms with E-state index in [0.29, 0.717) is 10.9 Å². The van der Waals surface area contributed by atoms with Crippen LogP contribution in [0.1, 0.15) is 28.6 Å². The fraction of sp³-hybridized carbons (Fsp3) is 0.182. The van der Waals surface area contributed by atoms with Crippen molar-refractivity contribution in [3.8, 4) is 0 Å². The predicted molar refractivity (Wildman–Crippen MR) is 118 cm³/mol. The first-order valence-electron chi connectivity index (χ1n) is 9.42. The number of aryl methyl sites for hydroxylation is 1. The fourth-order valence-corrected chi connectivity index (χ4v) is 5.09. The lowest BCUT2D eigenvalue weighted by atomic mass is 10.2. The van der Waals surface area contributed by atoms with Crippen LogP contribution in [0, 0.1) is 6.92 Å². The van der Waals surface area contributed by atoms with Crippen molar-refractivity contribution in [1.29, 1.82) is 0 Å². The quantitative estimate of drug-likeness (QED) is 0.429. The summed E-state index contributed by atoms with van der Waals surface area (Å²) >= 11 is 1.41. The Hall–Kier alpha value is -2.97. The van der Waals surface area contributed by atoms with E-state index in [4.69, 9.17) is 9.40 Å². The Morgan fingerprint density at radius 3 is 2.63 bits per heavy atom. The number of benzene rings is 2. The van der Waals surface area contributed by atoms with Crippen molar-refractivity contribution in [1.82, 2.24) is 4.98 Å². The van der Waals surface area contributed by atoms with E-state index in [1.54, 1.807) is 37.5 Å². The van der Waals surface area contributed by atoms with E-state index >= 15 is 0 Å². The highest BCUT2D eigenvalue weighted by atomic mass is 32.2. The van der Waals surface area contributed by atoms with Crippen molar-refractivity contribution >= 4 is 42.4 Å². The number of hydrogen-bond acceptors (Lipinski definition) is 6. The van der Waals surface area contributed by atoms with E-state index < -0.39 is 9.84 Å². The molecule has 0 fully saturated rings. The molecule has 4 aromatic rings. The number of nitrogens with zero attached hydrogens (tertiary/aromatic N) is 2. The number of furan rings is 1. The SMILES string of the molecule is CCS(=O)(=O)c1cccc(C(=O)N(Cc2ccco2)c2nc3c(C)cccc3s2)c1. The maximum atomic E-state index is 13.5. The Bertz CT molecular complexity index is 1310. The average molecular weight is 441 g/mol. The second kappa shape index (κ2) is 8.04. The lowest BCUT2D eigenvalue weighted by Crippen LogP contribution is -2.30. The van der Waals surface area contributed by atoms with Gasteiger partial charge in [0.15, 0.2) is 15.0 Å². The van der Waals surface area contributed by atoms with Crippen LogP contribution in [0.25, 0.3) is 10.2 Å². The van der Waals surface area contributed by atoms with E-state index in [1.807, 2.05) is 25.1 Å². The third kappa shape index (κ3) is 3.88. The van der Waals surface area contributed by atoms with Crippen LogP contribution in [0.2, 0.25) is 0 Å². The molecular weight excluding hydrogens is 420 g/mol. The first-order valence-corrected chi connectivity index (χ1v) is 11.9. The van der Waals surface area contributed by atoms with Crippen LogP contribution in [0.3, 0.4) is 0 Å². The standard InChI is InChI=1S/C22H20N2O4S2/c1-3-30(26,27)18-10-5-8-16(13-18)21(25)24(14-17-9-6-12-28-17)22-23-20-15(2)7-4-11-19(20)29-22/h4-13H,3,14H2,1-2H3. The van der Waals surface area contributed by atoms with Crippen molar-refractivity contribution in [2.75, 3.05) is 10.7 Å². The number of para-hydroxylation sites is 1. The largest absolute Gasteiger partial charge is 0.467 e. The topological polar surface area (TPSA) is 80.5 Å². The number of anilines is 1. The molecule has 8 heteroatoms. The van der Waals surface area contributed by atoms with Gasteiger partial charge in [-0.1, -0.05) is 36.5 Å². The van der Waals surface area contributed by atoms with Gasteiger partial charge in [-0.2, -0.15) is 0 Å². The van der Waals surface area contributed by atoms with Crippen LogP contribution in [0.5, 0.6) is 0 Å². The number of carbonyl (C=O) groups is 1. The molecule has 2 aromatic carbocycles. The highest BCUT2D eigenvalue weighted by Gasteiger charge is 2.24. The molecule has 0 aliphatic rings. The monoisotopic (exact) mass is 440 g/mol. The van der Waals surface area contributed by atoms with Crippen LogP contribution < -0.4 is 4.90 Å². The Kier molecular flexibility index (Phi) is 5.44. The van der Waals surface area contributed by atoms with E-state index in [9.17, 15) is 13.2 Å². The first kappa shape index (κ1) is 20.3. The van der Waals surface area contributed by atoms with Crippen LogP contribution in [0.15, 0.2) is 70.2 Å². The molecular formula is C22H20N2O4S2. The van der Waals surface area contributed by atoms with Gasteiger partial charge >= 0.3 is 0 Å².